The summed E-state index contributed by atoms with van der Waals surface area (Å²) in [6.45, 7) is 4.92. The van der Waals surface area contributed by atoms with E-state index >= 15 is 4.39 Å². The summed E-state index contributed by atoms with van der Waals surface area (Å²) in [5, 5.41) is 20.5. The van der Waals surface area contributed by atoms with Crippen molar-refractivity contribution in [1.82, 2.24) is 25.8 Å². The SMILES string of the molecule is Cc1noc(C)c1[C@H](O)C[C@](C)(NC(=S)NC(=O)c1ccccc1)c1cc(-c2cncnc2)c(F)cc1F. The van der Waals surface area contributed by atoms with Gasteiger partial charge in [0.05, 0.1) is 17.3 Å². The number of rotatable bonds is 7. The van der Waals surface area contributed by atoms with Gasteiger partial charge in [0.2, 0.25) is 0 Å². The van der Waals surface area contributed by atoms with Crippen LogP contribution in [0.2, 0.25) is 0 Å². The normalized spacial score (nSPS) is 13.4. The molecule has 0 saturated carbocycles. The molecule has 3 N–H and O–H groups in total. The Morgan fingerprint density at radius 1 is 1.13 bits per heavy atom. The first-order valence-electron chi connectivity index (χ1n) is 11.6. The van der Waals surface area contributed by atoms with Crippen LogP contribution in [-0.2, 0) is 5.54 Å². The number of aliphatic hydroxyl groups excluding tert-OH is 1. The average Bonchev–Trinajstić information content (AvgIpc) is 3.22. The van der Waals surface area contributed by atoms with Crippen molar-refractivity contribution < 1.29 is 23.2 Å². The van der Waals surface area contributed by atoms with E-state index in [4.69, 9.17) is 16.7 Å². The minimum absolute atomic E-state index is 0.000117. The molecule has 0 saturated heterocycles. The van der Waals surface area contributed by atoms with Gasteiger partial charge in [-0.2, -0.15) is 0 Å². The number of halogens is 2. The highest BCUT2D eigenvalue weighted by atomic mass is 32.1. The topological polar surface area (TPSA) is 113 Å². The van der Waals surface area contributed by atoms with E-state index in [0.717, 1.165) is 6.07 Å². The van der Waals surface area contributed by atoms with Crippen molar-refractivity contribution in [3.05, 3.63) is 101 Å². The molecule has 2 aromatic heterocycles. The molecule has 4 aromatic rings. The van der Waals surface area contributed by atoms with Crippen molar-refractivity contribution in [3.8, 4) is 11.1 Å². The smallest absolute Gasteiger partial charge is 0.257 e. The summed E-state index contributed by atoms with van der Waals surface area (Å²) in [6.07, 6.45) is 2.80. The zero-order chi connectivity index (χ0) is 27.4. The van der Waals surface area contributed by atoms with Crippen molar-refractivity contribution in [1.29, 1.82) is 0 Å². The van der Waals surface area contributed by atoms with Crippen LogP contribution in [0.1, 0.15) is 52.4 Å². The van der Waals surface area contributed by atoms with Gasteiger partial charge in [0.15, 0.2) is 5.11 Å². The molecule has 196 valence electrons. The zero-order valence-corrected chi connectivity index (χ0v) is 21.6. The first kappa shape index (κ1) is 27.0. The number of hydrogen-bond donors (Lipinski definition) is 3. The lowest BCUT2D eigenvalue weighted by molar-refractivity contribution is 0.0974. The summed E-state index contributed by atoms with van der Waals surface area (Å²) in [7, 11) is 0. The van der Waals surface area contributed by atoms with Crippen molar-refractivity contribution in [2.24, 2.45) is 0 Å². The molecule has 0 radical (unpaired) electrons. The largest absolute Gasteiger partial charge is 0.388 e. The van der Waals surface area contributed by atoms with Gasteiger partial charge in [-0.15, -0.1) is 0 Å². The molecule has 8 nitrogen and oxygen atoms in total. The number of aliphatic hydroxyl groups is 1. The molecule has 38 heavy (non-hydrogen) atoms. The monoisotopic (exact) mass is 537 g/mol. The maximum Gasteiger partial charge on any atom is 0.257 e. The Balaban J connectivity index is 1.74. The van der Waals surface area contributed by atoms with Crippen molar-refractivity contribution in [2.45, 2.75) is 38.8 Å². The minimum Gasteiger partial charge on any atom is -0.388 e. The predicted molar refractivity (Wildman–Crippen MR) is 140 cm³/mol. The molecule has 0 spiro atoms. The standard InChI is InChI=1S/C27H25F2N5O3S/c1-15-24(16(2)37-34-15)23(35)11-27(3,33-26(38)32-25(36)17-7-5-4-6-8-17)20-9-19(21(28)10-22(20)29)18-12-30-14-31-13-18/h4-10,12-14,23,35H,11H2,1-3H3,(H2,32,33,36,38)/t23-,27+/m1/s1. The van der Waals surface area contributed by atoms with E-state index in [2.05, 4.69) is 25.8 Å². The van der Waals surface area contributed by atoms with Gasteiger partial charge >= 0.3 is 0 Å². The highest BCUT2D eigenvalue weighted by molar-refractivity contribution is 7.80. The second kappa shape index (κ2) is 11.1. The van der Waals surface area contributed by atoms with Crippen LogP contribution < -0.4 is 10.6 Å². The van der Waals surface area contributed by atoms with Crippen LogP contribution in [-0.4, -0.2) is 31.3 Å². The second-order valence-corrected chi connectivity index (χ2v) is 9.41. The van der Waals surface area contributed by atoms with Crippen LogP contribution in [0, 0.1) is 25.5 Å². The highest BCUT2D eigenvalue weighted by Crippen LogP contribution is 2.38. The molecule has 2 atom stereocenters. The first-order valence-corrected chi connectivity index (χ1v) is 12.0. The van der Waals surface area contributed by atoms with Gasteiger partial charge < -0.3 is 14.9 Å². The number of nitrogens with one attached hydrogen (secondary N) is 2. The van der Waals surface area contributed by atoms with E-state index in [0.29, 0.717) is 28.1 Å². The third-order valence-electron chi connectivity index (χ3n) is 6.20. The molecule has 0 bridgehead atoms. The van der Waals surface area contributed by atoms with E-state index < -0.39 is 29.2 Å². The van der Waals surface area contributed by atoms with Gasteiger partial charge in [0.1, 0.15) is 23.7 Å². The maximum absolute atomic E-state index is 15.4. The minimum atomic E-state index is -1.43. The Bertz CT molecular complexity index is 1450. The molecule has 1 amide bonds. The highest BCUT2D eigenvalue weighted by Gasteiger charge is 2.36. The van der Waals surface area contributed by atoms with E-state index in [1.54, 1.807) is 51.1 Å². The lowest BCUT2D eigenvalue weighted by Gasteiger charge is -2.35. The van der Waals surface area contributed by atoms with Crippen LogP contribution in [0.5, 0.6) is 0 Å². The number of aryl methyl sites for hydroxylation is 2. The molecular weight excluding hydrogens is 512 g/mol. The van der Waals surface area contributed by atoms with Gasteiger partial charge in [0, 0.05) is 52.7 Å². The second-order valence-electron chi connectivity index (χ2n) is 9.00. The average molecular weight is 538 g/mol. The summed E-state index contributed by atoms with van der Waals surface area (Å²) >= 11 is 5.41. The lowest BCUT2D eigenvalue weighted by atomic mass is 9.82. The van der Waals surface area contributed by atoms with Gasteiger partial charge in [-0.3, -0.25) is 10.1 Å². The van der Waals surface area contributed by atoms with Gasteiger partial charge in [-0.25, -0.2) is 18.7 Å². The molecule has 0 aliphatic carbocycles. The number of hydrogen-bond acceptors (Lipinski definition) is 7. The summed E-state index contributed by atoms with van der Waals surface area (Å²) in [6, 6.07) is 10.5. The number of benzene rings is 2. The van der Waals surface area contributed by atoms with Crippen LogP contribution in [0.3, 0.4) is 0 Å². The third-order valence-corrected chi connectivity index (χ3v) is 6.40. The van der Waals surface area contributed by atoms with Gasteiger partial charge in [-0.1, -0.05) is 23.4 Å². The summed E-state index contributed by atoms with van der Waals surface area (Å²) < 4.78 is 35.5. The molecule has 0 aliphatic rings. The molecular formula is C27H25F2N5O3S. The Morgan fingerprint density at radius 3 is 2.45 bits per heavy atom. The lowest BCUT2D eigenvalue weighted by Crippen LogP contribution is -2.50. The molecule has 0 aliphatic heterocycles. The van der Waals surface area contributed by atoms with E-state index in [9.17, 15) is 14.3 Å². The molecule has 11 heteroatoms. The number of nitrogens with zero attached hydrogens (tertiary/aromatic N) is 3. The summed E-state index contributed by atoms with van der Waals surface area (Å²) in [5.74, 6) is -1.76. The number of carbonyl (C=O) groups excluding carboxylic acids is 1. The van der Waals surface area contributed by atoms with Crippen LogP contribution in [0.25, 0.3) is 11.1 Å². The zero-order valence-electron chi connectivity index (χ0n) is 20.8. The summed E-state index contributed by atoms with van der Waals surface area (Å²) in [4.78, 5) is 20.5. The van der Waals surface area contributed by atoms with Crippen molar-refractivity contribution in [3.63, 3.8) is 0 Å². The number of thiocarbonyl (C=S) groups is 1. The molecule has 0 fully saturated rings. The fourth-order valence-electron chi connectivity index (χ4n) is 4.36. The molecule has 2 heterocycles. The van der Waals surface area contributed by atoms with E-state index in [1.165, 1.54) is 24.8 Å². The number of carbonyl (C=O) groups is 1. The van der Waals surface area contributed by atoms with E-state index in [-0.39, 0.29) is 22.7 Å². The Kier molecular flexibility index (Phi) is 7.88. The summed E-state index contributed by atoms with van der Waals surface area (Å²) in [5.41, 5.74) is 0.239. The Morgan fingerprint density at radius 2 is 1.82 bits per heavy atom. The predicted octanol–water partition coefficient (Wildman–Crippen LogP) is 4.67. The van der Waals surface area contributed by atoms with Gasteiger partial charge in [0.25, 0.3) is 5.91 Å². The fraction of sp³-hybridized carbons (Fsp3) is 0.222. The van der Waals surface area contributed by atoms with Crippen molar-refractivity contribution >= 4 is 23.2 Å². The number of amides is 1. The first-order chi connectivity index (χ1) is 18.1. The Labute approximate surface area is 223 Å². The molecule has 2 aromatic carbocycles. The quantitative estimate of drug-likeness (QED) is 0.292. The van der Waals surface area contributed by atoms with Crippen molar-refractivity contribution in [2.75, 3.05) is 0 Å². The Hall–Kier alpha value is -4.09. The van der Waals surface area contributed by atoms with Crippen LogP contribution in [0.4, 0.5) is 8.78 Å². The number of aromatic nitrogens is 3. The van der Waals surface area contributed by atoms with Crippen LogP contribution >= 0.6 is 12.2 Å². The van der Waals surface area contributed by atoms with Gasteiger partial charge in [-0.05, 0) is 51.2 Å². The van der Waals surface area contributed by atoms with E-state index in [1.807, 2.05) is 0 Å². The maximum atomic E-state index is 15.4. The van der Waals surface area contributed by atoms with Crippen LogP contribution in [0.15, 0.2) is 65.7 Å². The fourth-order valence-corrected chi connectivity index (χ4v) is 4.68. The molecule has 4 rings (SSSR count). The third kappa shape index (κ3) is 5.74. The molecule has 0 unspecified atom stereocenters.